The molecular formula is C47H45O6P. The number of hydrogen-bond acceptors (Lipinski definition) is 6. The minimum Gasteiger partial charge on any atom is -0.488 e. The molecule has 1 heterocycles. The Kier molecular flexibility index (Phi) is 9.76. The summed E-state index contributed by atoms with van der Waals surface area (Å²) in [7, 11) is -4.04. The number of aryl methyl sites for hydroxylation is 3. The topological polar surface area (TPSA) is 71.1 Å². The summed E-state index contributed by atoms with van der Waals surface area (Å²) in [6.07, 6.45) is 0.822. The van der Waals surface area contributed by atoms with Gasteiger partial charge in [-0.3, -0.25) is 9.36 Å². The van der Waals surface area contributed by atoms with Crippen LogP contribution < -0.4 is 24.0 Å². The molecule has 1 aliphatic heterocycles. The molecule has 54 heavy (non-hydrogen) atoms. The predicted octanol–water partition coefficient (Wildman–Crippen LogP) is 11.9. The van der Waals surface area contributed by atoms with E-state index in [1.807, 2.05) is 123 Å². The van der Waals surface area contributed by atoms with Gasteiger partial charge >= 0.3 is 5.97 Å². The Bertz CT molecular complexity index is 2360. The van der Waals surface area contributed by atoms with Crippen molar-refractivity contribution in [1.29, 1.82) is 0 Å². The Balaban J connectivity index is 1.50. The molecule has 0 radical (unpaired) electrons. The van der Waals surface area contributed by atoms with Crippen LogP contribution >= 0.6 is 7.37 Å². The van der Waals surface area contributed by atoms with Crippen LogP contribution in [-0.2, 0) is 14.5 Å². The maximum absolute atomic E-state index is 16.8. The lowest BCUT2D eigenvalue weighted by Crippen LogP contribution is -2.38. The number of para-hydroxylation sites is 1. The number of ether oxygens (including phenoxy) is 3. The number of rotatable bonds is 10. The smallest absolute Gasteiger partial charge is 0.308 e. The van der Waals surface area contributed by atoms with Gasteiger partial charge in [0, 0.05) is 12.5 Å². The van der Waals surface area contributed by atoms with Crippen molar-refractivity contribution in [2.45, 2.75) is 65.6 Å². The van der Waals surface area contributed by atoms with Gasteiger partial charge in [0.15, 0.2) is 0 Å². The van der Waals surface area contributed by atoms with Gasteiger partial charge in [-0.2, -0.15) is 0 Å². The van der Waals surface area contributed by atoms with Crippen LogP contribution in [0.5, 0.6) is 28.7 Å². The van der Waals surface area contributed by atoms with Crippen molar-refractivity contribution >= 4 is 18.6 Å². The molecule has 7 heteroatoms. The van der Waals surface area contributed by atoms with Crippen molar-refractivity contribution in [2.24, 2.45) is 0 Å². The Labute approximate surface area is 318 Å². The largest absolute Gasteiger partial charge is 0.488 e. The molecule has 0 N–H and O–H groups in total. The second-order valence-electron chi connectivity index (χ2n) is 14.6. The summed E-state index contributed by atoms with van der Waals surface area (Å²) in [5.41, 5.74) is 6.76. The van der Waals surface area contributed by atoms with Gasteiger partial charge in [0.2, 0.25) is 0 Å². The quantitative estimate of drug-likeness (QED) is 0.0603. The fraction of sp³-hybridized carbons (Fsp3) is 0.213. The van der Waals surface area contributed by atoms with E-state index in [9.17, 15) is 4.79 Å². The third-order valence-electron chi connectivity index (χ3n) is 10.2. The average Bonchev–Trinajstić information content (AvgIpc) is 3.15. The van der Waals surface area contributed by atoms with E-state index in [0.717, 1.165) is 45.6 Å². The summed E-state index contributed by atoms with van der Waals surface area (Å²) < 4.78 is 42.1. The minimum atomic E-state index is -4.04. The van der Waals surface area contributed by atoms with Crippen LogP contribution in [0.3, 0.4) is 0 Å². The van der Waals surface area contributed by atoms with Gasteiger partial charge in [-0.1, -0.05) is 97.4 Å². The van der Waals surface area contributed by atoms with Crippen LogP contribution in [0.1, 0.15) is 67.5 Å². The molecule has 6 aromatic rings. The summed E-state index contributed by atoms with van der Waals surface area (Å²) in [5.74, 6) is 2.64. The number of benzene rings is 6. The zero-order valence-electron chi connectivity index (χ0n) is 31.8. The van der Waals surface area contributed by atoms with Gasteiger partial charge in [0.25, 0.3) is 7.37 Å². The molecule has 2 unspecified atom stereocenters. The van der Waals surface area contributed by atoms with E-state index in [1.165, 1.54) is 12.5 Å². The third-order valence-corrected chi connectivity index (χ3v) is 13.4. The maximum Gasteiger partial charge on any atom is 0.308 e. The average molecular weight is 737 g/mol. The summed E-state index contributed by atoms with van der Waals surface area (Å²) in [6.45, 7) is 13.7. The van der Waals surface area contributed by atoms with Gasteiger partial charge in [-0.05, 0) is 123 Å². The van der Waals surface area contributed by atoms with Crippen molar-refractivity contribution in [1.82, 2.24) is 0 Å². The molecule has 6 nitrogen and oxygen atoms in total. The van der Waals surface area contributed by atoms with Crippen LogP contribution in [0, 0.1) is 20.8 Å². The molecular weight excluding hydrogens is 691 g/mol. The molecule has 0 saturated heterocycles. The summed E-state index contributed by atoms with van der Waals surface area (Å²) >= 11 is 0. The maximum atomic E-state index is 16.8. The first-order chi connectivity index (χ1) is 25.8. The highest BCUT2D eigenvalue weighted by molar-refractivity contribution is 7.69. The molecule has 2 atom stereocenters. The van der Waals surface area contributed by atoms with Gasteiger partial charge in [-0.25, -0.2) is 0 Å². The minimum absolute atomic E-state index is 0.378. The predicted molar refractivity (Wildman–Crippen MR) is 216 cm³/mol. The van der Waals surface area contributed by atoms with Crippen molar-refractivity contribution < 1.29 is 28.1 Å². The first kappa shape index (κ1) is 36.8. The fourth-order valence-corrected chi connectivity index (χ4v) is 10.8. The molecule has 0 bridgehead atoms. The van der Waals surface area contributed by atoms with E-state index in [0.29, 0.717) is 33.9 Å². The van der Waals surface area contributed by atoms with Crippen LogP contribution in [0.4, 0.5) is 0 Å². The van der Waals surface area contributed by atoms with Crippen molar-refractivity contribution in [3.8, 4) is 39.9 Å². The first-order valence-corrected chi connectivity index (χ1v) is 19.9. The van der Waals surface area contributed by atoms with E-state index >= 15 is 4.57 Å². The van der Waals surface area contributed by atoms with Crippen molar-refractivity contribution in [3.63, 3.8) is 0 Å². The van der Waals surface area contributed by atoms with Crippen molar-refractivity contribution in [2.75, 3.05) is 0 Å². The van der Waals surface area contributed by atoms with Crippen LogP contribution in [0.15, 0.2) is 133 Å². The number of hydrogen-bond donors (Lipinski definition) is 0. The second kappa shape index (κ2) is 14.3. The Morgan fingerprint density at radius 2 is 1.17 bits per heavy atom. The zero-order chi connectivity index (χ0) is 38.3. The van der Waals surface area contributed by atoms with Gasteiger partial charge in [0.1, 0.15) is 39.5 Å². The molecule has 7 rings (SSSR count). The zero-order valence-corrected chi connectivity index (χ0v) is 32.7. The number of fused-ring (bicyclic) bond motifs is 3. The highest BCUT2D eigenvalue weighted by Gasteiger charge is 2.58. The summed E-state index contributed by atoms with van der Waals surface area (Å²) in [4.78, 5) is 12.0. The molecule has 0 fully saturated rings. The van der Waals surface area contributed by atoms with Crippen LogP contribution in [0.25, 0.3) is 11.1 Å². The van der Waals surface area contributed by atoms with E-state index in [-0.39, 0.29) is 5.60 Å². The van der Waals surface area contributed by atoms with Gasteiger partial charge in [0.05, 0.1) is 5.30 Å². The van der Waals surface area contributed by atoms with Gasteiger partial charge in [-0.15, -0.1) is 0 Å². The van der Waals surface area contributed by atoms with Gasteiger partial charge < -0.3 is 18.7 Å². The lowest BCUT2D eigenvalue weighted by Gasteiger charge is -2.44. The molecule has 6 aromatic carbocycles. The lowest BCUT2D eigenvalue weighted by atomic mass is 9.83. The molecule has 0 amide bonds. The molecule has 0 aliphatic carbocycles. The summed E-state index contributed by atoms with van der Waals surface area (Å²) in [6, 6.07) is 42.6. The molecule has 0 aromatic heterocycles. The third kappa shape index (κ3) is 6.60. The summed E-state index contributed by atoms with van der Waals surface area (Å²) in [5, 5.41) is -0.801. The fourth-order valence-electron chi connectivity index (χ4n) is 7.47. The standard InChI is InChI=1S/C47H45O6P/c1-8-46(6,7)52-40-27-21-37(22-28-40)47(35-17-23-38(24-18-35)50-34(5)48,36-19-25-39(26-20-36)51-45-32(3)29-31(2)30-33(45)4)54(49)44-16-12-10-14-42(44)41-13-9-11-15-43(41)53-54/h9-30H,8H2,1-7H3. The SMILES string of the molecule is CCC(C)(C)Oc1ccc(C(c2ccc(OC(C)=O)cc2)(c2ccc(Oc3c(C)cc(C)cc3C)cc2)P2(=O)Oc3ccccc3-c3ccccc32)cc1. The second-order valence-corrected chi connectivity index (χ2v) is 17.0. The Morgan fingerprint density at radius 3 is 1.72 bits per heavy atom. The van der Waals surface area contributed by atoms with Crippen LogP contribution in [0.2, 0.25) is 0 Å². The highest BCUT2D eigenvalue weighted by atomic mass is 31.2. The first-order valence-electron chi connectivity index (χ1n) is 18.3. The van der Waals surface area contributed by atoms with E-state index < -0.39 is 18.5 Å². The van der Waals surface area contributed by atoms with Crippen LogP contribution in [-0.4, -0.2) is 11.6 Å². The lowest BCUT2D eigenvalue weighted by molar-refractivity contribution is -0.131. The Hall–Kier alpha value is -5.58. The molecule has 0 spiro atoms. The highest BCUT2D eigenvalue weighted by Crippen LogP contribution is 2.71. The van der Waals surface area contributed by atoms with E-state index in [1.54, 1.807) is 12.1 Å². The number of esters is 1. The van der Waals surface area contributed by atoms with E-state index in [2.05, 4.69) is 39.8 Å². The number of carbonyl (C=O) groups excluding carboxylic acids is 1. The Morgan fingerprint density at radius 1 is 0.667 bits per heavy atom. The molecule has 274 valence electrons. The molecule has 1 aliphatic rings. The van der Waals surface area contributed by atoms with E-state index in [4.69, 9.17) is 18.7 Å². The monoisotopic (exact) mass is 736 g/mol. The molecule has 0 saturated carbocycles. The van der Waals surface area contributed by atoms with Crippen molar-refractivity contribution in [3.05, 3.63) is 167 Å². The normalized spacial score (nSPS) is 15.9. The number of carbonyl (C=O) groups is 1.